The molecule has 0 fully saturated rings. The van der Waals surface area contributed by atoms with Crippen LogP contribution in [0.4, 0.5) is 5.82 Å². The number of para-hydroxylation sites is 1. The number of anilines is 1. The maximum absolute atomic E-state index is 12.5. The third-order valence-electron chi connectivity index (χ3n) is 4.20. The highest BCUT2D eigenvalue weighted by Gasteiger charge is 2.19. The molecule has 0 radical (unpaired) electrons. The van der Waals surface area contributed by atoms with Crippen molar-refractivity contribution in [2.75, 3.05) is 5.32 Å². The second kappa shape index (κ2) is 7.17. The number of carbonyl (C=O) groups excluding carboxylic acids is 1. The van der Waals surface area contributed by atoms with Gasteiger partial charge in [0.15, 0.2) is 10.8 Å². The fourth-order valence-corrected chi connectivity index (χ4v) is 3.82. The van der Waals surface area contributed by atoms with Crippen LogP contribution in [0, 0.1) is 6.92 Å². The van der Waals surface area contributed by atoms with Crippen LogP contribution in [0.2, 0.25) is 5.02 Å². The van der Waals surface area contributed by atoms with Crippen LogP contribution < -0.4 is 5.32 Å². The minimum absolute atomic E-state index is 0.164. The first kappa shape index (κ1) is 17.8. The molecule has 1 aromatic carbocycles. The predicted octanol–water partition coefficient (Wildman–Crippen LogP) is 4.36. The number of hydrogen-bond acceptors (Lipinski definition) is 5. The quantitative estimate of drug-likeness (QED) is 0.518. The summed E-state index contributed by atoms with van der Waals surface area (Å²) in [4.78, 5) is 16.6. The average Bonchev–Trinajstić information content (AvgIpc) is 3.06. The fraction of sp³-hybridized carbons (Fsp3) is 0.158. The lowest BCUT2D eigenvalue weighted by molar-refractivity contribution is -0.115. The number of benzene rings is 1. The zero-order valence-electron chi connectivity index (χ0n) is 14.7. The molecule has 0 saturated carbocycles. The van der Waals surface area contributed by atoms with E-state index in [4.69, 9.17) is 11.6 Å². The number of hydrogen-bond donors (Lipinski definition) is 1. The molecule has 136 valence electrons. The highest BCUT2D eigenvalue weighted by molar-refractivity contribution is 8.00. The van der Waals surface area contributed by atoms with E-state index < -0.39 is 0 Å². The largest absolute Gasteiger partial charge is 0.310 e. The summed E-state index contributed by atoms with van der Waals surface area (Å²) in [6.07, 6.45) is 1.50. The molecule has 3 heterocycles. The van der Waals surface area contributed by atoms with Crippen LogP contribution in [0.5, 0.6) is 0 Å². The lowest BCUT2D eigenvalue weighted by Crippen LogP contribution is -2.23. The van der Waals surface area contributed by atoms with Crippen LogP contribution in [-0.4, -0.2) is 30.7 Å². The van der Waals surface area contributed by atoms with Gasteiger partial charge >= 0.3 is 0 Å². The van der Waals surface area contributed by atoms with Crippen LogP contribution in [0.15, 0.2) is 53.8 Å². The first-order valence-electron chi connectivity index (χ1n) is 8.35. The molecule has 8 heteroatoms. The van der Waals surface area contributed by atoms with Gasteiger partial charge in [-0.1, -0.05) is 41.6 Å². The normalized spacial score (nSPS) is 12.4. The highest BCUT2D eigenvalue weighted by Crippen LogP contribution is 2.28. The van der Waals surface area contributed by atoms with Crippen molar-refractivity contribution >= 4 is 51.6 Å². The first-order chi connectivity index (χ1) is 13.0. The summed E-state index contributed by atoms with van der Waals surface area (Å²) in [5.41, 5.74) is 2.93. The predicted molar refractivity (Wildman–Crippen MR) is 108 cm³/mol. The Bertz CT molecular complexity index is 1140. The highest BCUT2D eigenvalue weighted by atomic mass is 35.5. The standard InChI is InChI=1S/C19H16ClN5OS/c1-11-9-17-23-24-19(25(17)15-6-4-3-5-14(11)15)27-12(2)18(26)22-16-8-7-13(20)10-21-16/h3-10,12H,1-2H3,(H,21,22,26)/t12-/m1/s1. The molecule has 4 aromatic rings. The van der Waals surface area contributed by atoms with Gasteiger partial charge in [0.05, 0.1) is 15.8 Å². The number of fused-ring (bicyclic) bond motifs is 3. The van der Waals surface area contributed by atoms with Gasteiger partial charge in [0.2, 0.25) is 5.91 Å². The number of rotatable bonds is 4. The summed E-state index contributed by atoms with van der Waals surface area (Å²) in [6.45, 7) is 3.88. The molecule has 1 N–H and O–H groups in total. The summed E-state index contributed by atoms with van der Waals surface area (Å²) in [5, 5.41) is 13.3. The van der Waals surface area contributed by atoms with Gasteiger partial charge in [0, 0.05) is 11.6 Å². The van der Waals surface area contributed by atoms with E-state index in [-0.39, 0.29) is 11.2 Å². The number of nitrogens with zero attached hydrogens (tertiary/aromatic N) is 4. The molecule has 0 aliphatic heterocycles. The number of aromatic nitrogens is 4. The average molecular weight is 398 g/mol. The van der Waals surface area contributed by atoms with Crippen LogP contribution in [-0.2, 0) is 4.79 Å². The number of thioether (sulfide) groups is 1. The van der Waals surface area contributed by atoms with Crippen LogP contribution in [0.3, 0.4) is 0 Å². The van der Waals surface area contributed by atoms with Gasteiger partial charge in [-0.3, -0.25) is 9.20 Å². The summed E-state index contributed by atoms with van der Waals surface area (Å²) in [6, 6.07) is 13.4. The molecular weight excluding hydrogens is 382 g/mol. The Kier molecular flexibility index (Phi) is 4.72. The van der Waals surface area contributed by atoms with Crippen molar-refractivity contribution < 1.29 is 4.79 Å². The van der Waals surface area contributed by atoms with E-state index in [2.05, 4.69) is 33.5 Å². The molecule has 3 aromatic heterocycles. The molecular formula is C19H16ClN5OS. The summed E-state index contributed by atoms with van der Waals surface area (Å²) >= 11 is 7.18. The van der Waals surface area contributed by atoms with Crippen molar-refractivity contribution in [3.05, 3.63) is 59.2 Å². The second-order valence-corrected chi connectivity index (χ2v) is 7.88. The molecule has 1 atom stereocenters. The number of aryl methyl sites for hydroxylation is 1. The first-order valence-corrected chi connectivity index (χ1v) is 9.61. The number of pyridine rings is 2. The van der Waals surface area contributed by atoms with E-state index >= 15 is 0 Å². The van der Waals surface area contributed by atoms with Gasteiger partial charge in [-0.15, -0.1) is 10.2 Å². The number of halogens is 1. The van der Waals surface area contributed by atoms with E-state index in [0.717, 1.165) is 22.1 Å². The third-order valence-corrected chi connectivity index (χ3v) is 5.47. The number of nitrogens with one attached hydrogen (secondary N) is 1. The van der Waals surface area contributed by atoms with E-state index in [1.165, 1.54) is 18.0 Å². The summed E-state index contributed by atoms with van der Waals surface area (Å²) in [5.74, 6) is 0.298. The molecule has 0 bridgehead atoms. The molecule has 1 amide bonds. The topological polar surface area (TPSA) is 72.2 Å². The Labute approximate surface area is 165 Å². The van der Waals surface area contributed by atoms with Crippen molar-refractivity contribution in [2.24, 2.45) is 0 Å². The smallest absolute Gasteiger partial charge is 0.238 e. The second-order valence-electron chi connectivity index (χ2n) is 6.13. The van der Waals surface area contributed by atoms with Gasteiger partial charge in [-0.2, -0.15) is 0 Å². The minimum atomic E-state index is -0.380. The molecule has 4 rings (SSSR count). The molecule has 0 aliphatic carbocycles. The van der Waals surface area contributed by atoms with Gasteiger partial charge in [0.1, 0.15) is 5.82 Å². The van der Waals surface area contributed by atoms with Gasteiger partial charge < -0.3 is 5.32 Å². The van der Waals surface area contributed by atoms with Gasteiger partial charge in [-0.05, 0) is 43.7 Å². The number of amides is 1. The molecule has 6 nitrogen and oxygen atoms in total. The van der Waals surface area contributed by atoms with Crippen molar-refractivity contribution in [3.8, 4) is 0 Å². The molecule has 0 spiro atoms. The maximum Gasteiger partial charge on any atom is 0.238 e. The third kappa shape index (κ3) is 3.48. The van der Waals surface area contributed by atoms with Crippen molar-refractivity contribution in [1.29, 1.82) is 0 Å². The van der Waals surface area contributed by atoms with Crippen molar-refractivity contribution in [3.63, 3.8) is 0 Å². The Hall–Kier alpha value is -2.64. The zero-order chi connectivity index (χ0) is 19.0. The fourth-order valence-electron chi connectivity index (χ4n) is 2.84. The summed E-state index contributed by atoms with van der Waals surface area (Å²) < 4.78 is 1.98. The monoisotopic (exact) mass is 397 g/mol. The van der Waals surface area contributed by atoms with Crippen molar-refractivity contribution in [1.82, 2.24) is 19.6 Å². The van der Waals surface area contributed by atoms with E-state index in [9.17, 15) is 4.79 Å². The Balaban J connectivity index is 1.62. The molecule has 0 unspecified atom stereocenters. The van der Waals surface area contributed by atoms with E-state index in [0.29, 0.717) is 16.0 Å². The van der Waals surface area contributed by atoms with Crippen LogP contribution >= 0.6 is 23.4 Å². The van der Waals surface area contributed by atoms with Crippen molar-refractivity contribution in [2.45, 2.75) is 24.3 Å². The van der Waals surface area contributed by atoms with Gasteiger partial charge in [-0.25, -0.2) is 4.98 Å². The minimum Gasteiger partial charge on any atom is -0.310 e. The molecule has 27 heavy (non-hydrogen) atoms. The maximum atomic E-state index is 12.5. The Morgan fingerprint density at radius 1 is 1.22 bits per heavy atom. The SMILES string of the molecule is Cc1cc2nnc(S[C@H](C)C(=O)Nc3ccc(Cl)cn3)n2c2ccccc12. The van der Waals surface area contributed by atoms with Crippen LogP contribution in [0.25, 0.3) is 16.6 Å². The summed E-state index contributed by atoms with van der Waals surface area (Å²) in [7, 11) is 0. The Morgan fingerprint density at radius 2 is 2.04 bits per heavy atom. The van der Waals surface area contributed by atoms with E-state index in [1.54, 1.807) is 12.1 Å². The molecule has 0 aliphatic rings. The number of carbonyl (C=O) groups is 1. The van der Waals surface area contributed by atoms with E-state index in [1.807, 2.05) is 35.6 Å². The lowest BCUT2D eigenvalue weighted by Gasteiger charge is -2.11. The molecule has 0 saturated heterocycles. The van der Waals surface area contributed by atoms with Gasteiger partial charge in [0.25, 0.3) is 0 Å². The Morgan fingerprint density at radius 3 is 2.81 bits per heavy atom. The van der Waals surface area contributed by atoms with Crippen LogP contribution in [0.1, 0.15) is 12.5 Å². The zero-order valence-corrected chi connectivity index (χ0v) is 16.3. The lowest BCUT2D eigenvalue weighted by atomic mass is 10.1.